The maximum atomic E-state index is 12.5. The average molecular weight is 345 g/mol. The second-order valence-corrected chi connectivity index (χ2v) is 7.54. The lowest BCUT2D eigenvalue weighted by molar-refractivity contribution is -0.119. The molecule has 1 saturated carbocycles. The largest absolute Gasteiger partial charge is 0.359 e. The van der Waals surface area contributed by atoms with Crippen LogP contribution in [0.5, 0.6) is 0 Å². The van der Waals surface area contributed by atoms with Crippen LogP contribution < -0.4 is 16.0 Å². The molecule has 0 aromatic heterocycles. The molecule has 3 N–H and O–H groups in total. The van der Waals surface area contributed by atoms with Gasteiger partial charge in [0, 0.05) is 18.8 Å². The predicted molar refractivity (Wildman–Crippen MR) is 101 cm³/mol. The van der Waals surface area contributed by atoms with Crippen molar-refractivity contribution < 1.29 is 9.59 Å². The van der Waals surface area contributed by atoms with Crippen molar-refractivity contribution >= 4 is 17.6 Å². The number of hydrogen-bond donors (Lipinski definition) is 3. The lowest BCUT2D eigenvalue weighted by Gasteiger charge is -2.37. The van der Waals surface area contributed by atoms with Crippen molar-refractivity contribution in [3.63, 3.8) is 0 Å². The number of urea groups is 1. The number of amides is 3. The highest BCUT2D eigenvalue weighted by atomic mass is 16.2. The average Bonchev–Trinajstić information content (AvgIpc) is 2.56. The summed E-state index contributed by atoms with van der Waals surface area (Å²) in [4.78, 5) is 24.2. The van der Waals surface area contributed by atoms with Gasteiger partial charge in [-0.1, -0.05) is 45.4 Å². The van der Waals surface area contributed by atoms with E-state index in [1.54, 1.807) is 7.05 Å². The Morgan fingerprint density at radius 1 is 1.20 bits per heavy atom. The summed E-state index contributed by atoms with van der Waals surface area (Å²) in [7, 11) is 1.61. The molecule has 0 unspecified atom stereocenters. The van der Waals surface area contributed by atoms with Crippen LogP contribution in [-0.4, -0.2) is 25.0 Å². The number of anilines is 1. The van der Waals surface area contributed by atoms with Crippen LogP contribution in [0.1, 0.15) is 45.6 Å². The van der Waals surface area contributed by atoms with Gasteiger partial charge in [-0.15, -0.1) is 0 Å². The highest BCUT2D eigenvalue weighted by Crippen LogP contribution is 2.33. The summed E-state index contributed by atoms with van der Waals surface area (Å²) >= 11 is 0. The Morgan fingerprint density at radius 2 is 1.92 bits per heavy atom. The van der Waals surface area contributed by atoms with Crippen LogP contribution in [0.25, 0.3) is 0 Å². The van der Waals surface area contributed by atoms with E-state index in [-0.39, 0.29) is 24.4 Å². The highest BCUT2D eigenvalue weighted by Gasteiger charge is 2.31. The second kappa shape index (κ2) is 8.88. The zero-order valence-corrected chi connectivity index (χ0v) is 15.8. The molecular weight excluding hydrogens is 314 g/mol. The first-order valence-electron chi connectivity index (χ1n) is 9.26. The summed E-state index contributed by atoms with van der Waals surface area (Å²) in [6, 6.07) is 7.46. The van der Waals surface area contributed by atoms with Crippen LogP contribution in [-0.2, 0) is 11.2 Å². The van der Waals surface area contributed by atoms with Crippen molar-refractivity contribution in [2.24, 2.45) is 17.8 Å². The Bertz CT molecular complexity index is 600. The summed E-state index contributed by atoms with van der Waals surface area (Å²) in [5.74, 6) is 1.64. The third kappa shape index (κ3) is 5.48. The number of carbonyl (C=O) groups excluding carboxylic acids is 2. The number of hydrogen-bond acceptors (Lipinski definition) is 2. The number of nitrogens with one attached hydrogen (secondary N) is 3. The first-order chi connectivity index (χ1) is 11.9. The maximum absolute atomic E-state index is 12.5. The van der Waals surface area contributed by atoms with Gasteiger partial charge in [0.25, 0.3) is 0 Å². The van der Waals surface area contributed by atoms with E-state index in [2.05, 4.69) is 36.7 Å². The molecule has 1 aromatic carbocycles. The molecule has 3 amide bonds. The summed E-state index contributed by atoms with van der Waals surface area (Å²) in [5.41, 5.74) is 1.50. The zero-order valence-electron chi connectivity index (χ0n) is 15.8. The maximum Gasteiger partial charge on any atom is 0.319 e. The molecule has 25 heavy (non-hydrogen) atoms. The van der Waals surface area contributed by atoms with E-state index in [9.17, 15) is 9.59 Å². The van der Waals surface area contributed by atoms with Crippen LogP contribution in [0, 0.1) is 17.8 Å². The van der Waals surface area contributed by atoms with Crippen LogP contribution in [0.2, 0.25) is 0 Å². The van der Waals surface area contributed by atoms with E-state index in [0.29, 0.717) is 23.4 Å². The van der Waals surface area contributed by atoms with Crippen LogP contribution >= 0.6 is 0 Å². The Labute approximate surface area is 151 Å². The molecule has 0 bridgehead atoms. The van der Waals surface area contributed by atoms with Gasteiger partial charge in [0.05, 0.1) is 6.42 Å². The summed E-state index contributed by atoms with van der Waals surface area (Å²) < 4.78 is 0. The zero-order chi connectivity index (χ0) is 18.4. The fourth-order valence-electron chi connectivity index (χ4n) is 3.75. The number of carbonyl (C=O) groups is 2. The first kappa shape index (κ1) is 19.3. The number of benzene rings is 1. The minimum Gasteiger partial charge on any atom is -0.359 e. The van der Waals surface area contributed by atoms with Gasteiger partial charge in [-0.2, -0.15) is 0 Å². The Morgan fingerprint density at radius 3 is 2.60 bits per heavy atom. The molecule has 2 rings (SSSR count). The fraction of sp³-hybridized carbons (Fsp3) is 0.600. The molecule has 0 saturated heterocycles. The van der Waals surface area contributed by atoms with E-state index in [1.165, 1.54) is 6.42 Å². The molecule has 3 atom stereocenters. The normalized spacial score (nSPS) is 23.2. The van der Waals surface area contributed by atoms with Crippen LogP contribution in [0.4, 0.5) is 10.5 Å². The molecule has 138 valence electrons. The smallest absolute Gasteiger partial charge is 0.319 e. The van der Waals surface area contributed by atoms with Gasteiger partial charge in [0.15, 0.2) is 0 Å². The topological polar surface area (TPSA) is 70.2 Å². The third-order valence-corrected chi connectivity index (χ3v) is 5.23. The fourth-order valence-corrected chi connectivity index (χ4v) is 3.75. The minimum atomic E-state index is -0.186. The van der Waals surface area contributed by atoms with Gasteiger partial charge in [-0.25, -0.2) is 4.79 Å². The van der Waals surface area contributed by atoms with E-state index in [1.807, 2.05) is 24.3 Å². The van der Waals surface area contributed by atoms with Crippen LogP contribution in [0.3, 0.4) is 0 Å². The molecule has 0 heterocycles. The highest BCUT2D eigenvalue weighted by molar-refractivity contribution is 5.91. The van der Waals surface area contributed by atoms with Gasteiger partial charge in [-0.3, -0.25) is 4.79 Å². The van der Waals surface area contributed by atoms with Gasteiger partial charge < -0.3 is 16.0 Å². The molecule has 0 radical (unpaired) electrons. The summed E-state index contributed by atoms with van der Waals surface area (Å²) in [5, 5.41) is 8.72. The van der Waals surface area contributed by atoms with Crippen molar-refractivity contribution in [1.82, 2.24) is 10.6 Å². The number of rotatable bonds is 5. The van der Waals surface area contributed by atoms with E-state index in [0.717, 1.165) is 18.4 Å². The lowest BCUT2D eigenvalue weighted by atomic mass is 9.74. The van der Waals surface area contributed by atoms with Gasteiger partial charge in [0.1, 0.15) is 0 Å². The van der Waals surface area contributed by atoms with Crippen molar-refractivity contribution in [2.75, 3.05) is 12.4 Å². The van der Waals surface area contributed by atoms with Crippen molar-refractivity contribution in [1.29, 1.82) is 0 Å². The predicted octanol–water partition coefficient (Wildman–Crippen LogP) is 3.56. The monoisotopic (exact) mass is 345 g/mol. The molecule has 1 aliphatic rings. The van der Waals surface area contributed by atoms with Crippen molar-refractivity contribution in [2.45, 2.75) is 52.5 Å². The molecular formula is C20H31N3O2. The molecule has 0 spiro atoms. The molecule has 5 nitrogen and oxygen atoms in total. The molecule has 0 aliphatic heterocycles. The first-order valence-corrected chi connectivity index (χ1v) is 9.26. The van der Waals surface area contributed by atoms with E-state index in [4.69, 9.17) is 0 Å². The number of likely N-dealkylation sites (N-methyl/N-ethyl adjacent to an activating group) is 1. The number of para-hydroxylation sites is 1. The van der Waals surface area contributed by atoms with Gasteiger partial charge in [0.2, 0.25) is 5.91 Å². The molecule has 1 aromatic rings. The van der Waals surface area contributed by atoms with Crippen LogP contribution in [0.15, 0.2) is 24.3 Å². The van der Waals surface area contributed by atoms with Gasteiger partial charge >= 0.3 is 6.03 Å². The second-order valence-electron chi connectivity index (χ2n) is 7.54. The standard InChI is InChI=1S/C20H31N3O2/c1-13(2)16-10-9-14(3)11-18(16)23-20(25)22-17-8-6-5-7-15(17)12-19(24)21-4/h5-8,13-14,16,18H,9-12H2,1-4H3,(H,21,24)(H2,22,23,25)/t14-,16-,18-/m1/s1. The minimum absolute atomic E-state index is 0.0735. The van der Waals surface area contributed by atoms with Gasteiger partial charge in [-0.05, 0) is 42.2 Å². The molecule has 5 heteroatoms. The van der Waals surface area contributed by atoms with Crippen molar-refractivity contribution in [3.8, 4) is 0 Å². The molecule has 1 aliphatic carbocycles. The van der Waals surface area contributed by atoms with E-state index < -0.39 is 0 Å². The Hall–Kier alpha value is -2.04. The van der Waals surface area contributed by atoms with Crippen molar-refractivity contribution in [3.05, 3.63) is 29.8 Å². The lowest BCUT2D eigenvalue weighted by Crippen LogP contribution is -2.47. The van der Waals surface area contributed by atoms with E-state index >= 15 is 0 Å². The third-order valence-electron chi connectivity index (χ3n) is 5.23. The summed E-state index contributed by atoms with van der Waals surface area (Å²) in [6.07, 6.45) is 3.67. The SMILES string of the molecule is CNC(=O)Cc1ccccc1NC(=O)N[C@@H]1C[C@H](C)CC[C@@H]1C(C)C. The summed E-state index contributed by atoms with van der Waals surface area (Å²) in [6.45, 7) is 6.71. The molecule has 1 fully saturated rings. The quantitative estimate of drug-likeness (QED) is 0.764. The Kier molecular flexibility index (Phi) is 6.85. The Balaban J connectivity index is 2.03.